The summed E-state index contributed by atoms with van der Waals surface area (Å²) in [5.74, 6) is 0. The normalized spacial score (nSPS) is 11.6. The summed E-state index contributed by atoms with van der Waals surface area (Å²) >= 11 is 0. The van der Waals surface area contributed by atoms with Gasteiger partial charge >= 0.3 is 0 Å². The van der Waals surface area contributed by atoms with Crippen LogP contribution in [0.3, 0.4) is 0 Å². The first-order valence-electron chi connectivity index (χ1n) is 18.7. The molecule has 2 aromatic heterocycles. The van der Waals surface area contributed by atoms with Crippen molar-refractivity contribution < 1.29 is 8.83 Å². The van der Waals surface area contributed by atoms with Crippen molar-refractivity contribution in [3.8, 4) is 33.4 Å². The highest BCUT2D eigenvalue weighted by molar-refractivity contribution is 6.24. The minimum Gasteiger partial charge on any atom is -0.455 e. The van der Waals surface area contributed by atoms with Crippen LogP contribution < -0.4 is 4.90 Å². The van der Waals surface area contributed by atoms with Gasteiger partial charge in [-0.1, -0.05) is 164 Å². The maximum Gasteiger partial charge on any atom is 0.159 e. The first-order valence-corrected chi connectivity index (χ1v) is 18.7. The highest BCUT2D eigenvalue weighted by Crippen LogP contribution is 2.50. The number of benzene rings is 9. The summed E-state index contributed by atoms with van der Waals surface area (Å²) in [5, 5.41) is 6.46. The van der Waals surface area contributed by atoms with Crippen molar-refractivity contribution in [3.63, 3.8) is 0 Å². The lowest BCUT2D eigenvalue weighted by Crippen LogP contribution is -2.11. The molecule has 0 unspecified atom stereocenters. The molecule has 0 radical (unpaired) electrons. The van der Waals surface area contributed by atoms with Gasteiger partial charge in [-0.15, -0.1) is 0 Å². The second-order valence-corrected chi connectivity index (χ2v) is 14.0. The summed E-state index contributed by atoms with van der Waals surface area (Å²) < 4.78 is 13.6. The van der Waals surface area contributed by atoms with Gasteiger partial charge in [0, 0.05) is 43.6 Å². The van der Waals surface area contributed by atoms with E-state index in [0.29, 0.717) is 0 Å². The lowest BCUT2D eigenvalue weighted by molar-refractivity contribution is 0.669. The summed E-state index contributed by atoms with van der Waals surface area (Å²) in [6, 6.07) is 70.8. The minimum absolute atomic E-state index is 0.841. The Balaban J connectivity index is 1.25. The number of hydrogen-bond acceptors (Lipinski definition) is 3. The molecule has 3 heteroatoms. The smallest absolute Gasteiger partial charge is 0.159 e. The molecule has 0 aliphatic heterocycles. The second kappa shape index (κ2) is 12.6. The Hall–Kier alpha value is -7.36. The van der Waals surface area contributed by atoms with Gasteiger partial charge in [-0.25, -0.2) is 0 Å². The first kappa shape index (κ1) is 31.2. The van der Waals surface area contributed by atoms with Crippen LogP contribution in [0.2, 0.25) is 0 Å². The molecular formula is C52H33NO2. The number of hydrogen-bond donors (Lipinski definition) is 0. The van der Waals surface area contributed by atoms with Gasteiger partial charge in [0.2, 0.25) is 0 Å². The zero-order chi connectivity index (χ0) is 36.3. The standard InChI is InChI=1S/C52H33NO2/c1-4-15-34(16-5-1)35-27-29-38(30-28-35)53(45-25-14-24-43-41-22-12-13-26-47(41)54-52(43)45)46-33-44-50-48(55-51(44)42-23-11-10-21-40(42)46)32-31-39(36-17-6-2-7-18-36)49(50)37-19-8-3-9-20-37/h1-33H. The second-order valence-electron chi connectivity index (χ2n) is 14.0. The molecule has 0 aliphatic carbocycles. The topological polar surface area (TPSA) is 29.5 Å². The quantitative estimate of drug-likeness (QED) is 0.173. The molecule has 0 bridgehead atoms. The van der Waals surface area contributed by atoms with Gasteiger partial charge in [0.1, 0.15) is 16.7 Å². The summed E-state index contributed by atoms with van der Waals surface area (Å²) in [5.41, 5.74) is 13.4. The SMILES string of the molecule is c1ccc(-c2ccc(N(c3cc4c(oc5ccc(-c6ccccc6)c(-c6ccccc6)c54)c4ccccc34)c3cccc4c3oc3ccccc34)cc2)cc1. The van der Waals surface area contributed by atoms with Crippen LogP contribution in [0.4, 0.5) is 17.1 Å². The Morgan fingerprint density at radius 3 is 1.64 bits per heavy atom. The number of para-hydroxylation sites is 2. The molecule has 0 amide bonds. The molecular weight excluding hydrogens is 671 g/mol. The van der Waals surface area contributed by atoms with Crippen LogP contribution in [0, 0.1) is 0 Å². The molecule has 11 rings (SSSR count). The lowest BCUT2D eigenvalue weighted by atomic mass is 9.90. The molecule has 0 aliphatic rings. The molecule has 0 spiro atoms. The van der Waals surface area contributed by atoms with Crippen LogP contribution in [0.15, 0.2) is 209 Å². The van der Waals surface area contributed by atoms with Crippen molar-refractivity contribution in [2.24, 2.45) is 0 Å². The Morgan fingerprint density at radius 2 is 0.891 bits per heavy atom. The molecule has 11 aromatic rings. The van der Waals surface area contributed by atoms with E-state index in [4.69, 9.17) is 8.83 Å². The molecule has 258 valence electrons. The molecule has 0 saturated carbocycles. The molecule has 0 fully saturated rings. The number of anilines is 3. The van der Waals surface area contributed by atoms with Crippen molar-refractivity contribution >= 4 is 71.7 Å². The van der Waals surface area contributed by atoms with Crippen molar-refractivity contribution in [3.05, 3.63) is 200 Å². The van der Waals surface area contributed by atoms with Crippen LogP contribution in [-0.4, -0.2) is 0 Å². The van der Waals surface area contributed by atoms with Gasteiger partial charge in [0.25, 0.3) is 0 Å². The minimum atomic E-state index is 0.841. The molecule has 2 heterocycles. The van der Waals surface area contributed by atoms with E-state index >= 15 is 0 Å². The van der Waals surface area contributed by atoms with Gasteiger partial charge in [0.05, 0.1) is 11.4 Å². The predicted molar refractivity (Wildman–Crippen MR) is 229 cm³/mol. The fraction of sp³-hybridized carbons (Fsp3) is 0. The summed E-state index contributed by atoms with van der Waals surface area (Å²) in [7, 11) is 0. The summed E-state index contributed by atoms with van der Waals surface area (Å²) in [6.45, 7) is 0. The van der Waals surface area contributed by atoms with Crippen LogP contribution in [0.5, 0.6) is 0 Å². The Bertz CT molecular complexity index is 3180. The van der Waals surface area contributed by atoms with E-state index in [-0.39, 0.29) is 0 Å². The molecule has 55 heavy (non-hydrogen) atoms. The largest absolute Gasteiger partial charge is 0.455 e. The average molecular weight is 704 g/mol. The van der Waals surface area contributed by atoms with Crippen molar-refractivity contribution in [1.29, 1.82) is 0 Å². The van der Waals surface area contributed by atoms with E-state index in [1.807, 2.05) is 12.1 Å². The molecule has 9 aromatic carbocycles. The van der Waals surface area contributed by atoms with Crippen molar-refractivity contribution in [2.45, 2.75) is 0 Å². The van der Waals surface area contributed by atoms with E-state index in [1.54, 1.807) is 0 Å². The van der Waals surface area contributed by atoms with Gasteiger partial charge in [-0.2, -0.15) is 0 Å². The number of furan rings is 2. The fourth-order valence-corrected chi connectivity index (χ4v) is 8.37. The maximum atomic E-state index is 6.90. The first-order chi connectivity index (χ1) is 27.3. The summed E-state index contributed by atoms with van der Waals surface area (Å²) in [4.78, 5) is 2.36. The average Bonchev–Trinajstić information content (AvgIpc) is 3.84. The Kier molecular flexibility index (Phi) is 7.17. The van der Waals surface area contributed by atoms with E-state index in [0.717, 1.165) is 99.5 Å². The molecule has 0 N–H and O–H groups in total. The highest BCUT2D eigenvalue weighted by Gasteiger charge is 2.25. The van der Waals surface area contributed by atoms with Crippen LogP contribution >= 0.6 is 0 Å². The van der Waals surface area contributed by atoms with Crippen LogP contribution in [-0.2, 0) is 0 Å². The van der Waals surface area contributed by atoms with Crippen LogP contribution in [0.1, 0.15) is 0 Å². The molecule has 0 saturated heterocycles. The number of nitrogens with zero attached hydrogens (tertiary/aromatic N) is 1. The lowest BCUT2D eigenvalue weighted by Gasteiger charge is -2.27. The fourth-order valence-electron chi connectivity index (χ4n) is 8.37. The Morgan fingerprint density at radius 1 is 0.327 bits per heavy atom. The molecule has 0 atom stereocenters. The highest BCUT2D eigenvalue weighted by atomic mass is 16.3. The van der Waals surface area contributed by atoms with E-state index < -0.39 is 0 Å². The maximum absolute atomic E-state index is 6.90. The third kappa shape index (κ3) is 5.05. The van der Waals surface area contributed by atoms with Gasteiger partial charge < -0.3 is 13.7 Å². The van der Waals surface area contributed by atoms with Crippen molar-refractivity contribution in [1.82, 2.24) is 0 Å². The van der Waals surface area contributed by atoms with E-state index in [2.05, 4.69) is 193 Å². The van der Waals surface area contributed by atoms with Gasteiger partial charge in [0.15, 0.2) is 5.58 Å². The zero-order valence-corrected chi connectivity index (χ0v) is 29.8. The Labute approximate surface area is 317 Å². The van der Waals surface area contributed by atoms with Crippen molar-refractivity contribution in [2.75, 3.05) is 4.90 Å². The summed E-state index contributed by atoms with van der Waals surface area (Å²) in [6.07, 6.45) is 0. The molecule has 3 nitrogen and oxygen atoms in total. The van der Waals surface area contributed by atoms with Crippen LogP contribution in [0.25, 0.3) is 88.0 Å². The van der Waals surface area contributed by atoms with Gasteiger partial charge in [-0.05, 0) is 64.2 Å². The third-order valence-corrected chi connectivity index (χ3v) is 10.9. The monoisotopic (exact) mass is 703 g/mol. The zero-order valence-electron chi connectivity index (χ0n) is 29.8. The number of rotatable bonds is 6. The number of fused-ring (bicyclic) bond motifs is 8. The third-order valence-electron chi connectivity index (χ3n) is 10.9. The predicted octanol–water partition coefficient (Wildman–Crippen LogP) is 15.1. The van der Waals surface area contributed by atoms with E-state index in [1.165, 1.54) is 5.56 Å². The van der Waals surface area contributed by atoms with E-state index in [9.17, 15) is 0 Å². The van der Waals surface area contributed by atoms with Gasteiger partial charge in [-0.3, -0.25) is 0 Å².